The van der Waals surface area contributed by atoms with Crippen LogP contribution in [0.5, 0.6) is 0 Å². The molecule has 1 N–H and O–H groups in total. The lowest BCUT2D eigenvalue weighted by molar-refractivity contribution is -0.674. The quantitative estimate of drug-likeness (QED) is 0.242. The van der Waals surface area contributed by atoms with Gasteiger partial charge in [-0.1, -0.05) is 91.0 Å². The molecule has 0 saturated carbocycles. The Kier molecular flexibility index (Phi) is 6.81. The van der Waals surface area contributed by atoms with Gasteiger partial charge in [0.25, 0.3) is 5.82 Å². The fourth-order valence-electron chi connectivity index (χ4n) is 4.02. The second-order valence-corrected chi connectivity index (χ2v) is 7.34. The van der Waals surface area contributed by atoms with E-state index >= 15 is 0 Å². The van der Waals surface area contributed by atoms with Crippen LogP contribution in [0.1, 0.15) is 11.1 Å². The van der Waals surface area contributed by atoms with E-state index in [0.717, 1.165) is 18.9 Å². The smallest absolute Gasteiger partial charge is 0.270 e. The number of hydrogen-bond donors (Lipinski definition) is 1. The van der Waals surface area contributed by atoms with Gasteiger partial charge in [-0.25, -0.2) is 4.57 Å². The van der Waals surface area contributed by atoms with Gasteiger partial charge in [-0.15, -0.1) is 11.6 Å². The number of rotatable bonds is 5. The zero-order valence-corrected chi connectivity index (χ0v) is 18.4. The molecule has 0 fully saturated rings. The van der Waals surface area contributed by atoms with E-state index in [4.69, 9.17) is 0 Å². The molecule has 154 valence electrons. The second kappa shape index (κ2) is 10.1. The highest BCUT2D eigenvalue weighted by Crippen LogP contribution is 2.20. The third-order valence-electron chi connectivity index (χ3n) is 5.50. The van der Waals surface area contributed by atoms with Crippen molar-refractivity contribution >= 4 is 39.0 Å². The van der Waals surface area contributed by atoms with E-state index < -0.39 is 0 Å². The number of anilines is 1. The first kappa shape index (κ1) is 20.9. The number of fused-ring (bicyclic) bond motifs is 2. The summed E-state index contributed by atoms with van der Waals surface area (Å²) in [6, 6.07) is 36.5. The van der Waals surface area contributed by atoms with Gasteiger partial charge in [0.05, 0.1) is 6.20 Å². The molecule has 0 aliphatic rings. The molecule has 31 heavy (non-hydrogen) atoms. The summed E-state index contributed by atoms with van der Waals surface area (Å²) >= 11 is 4.64. The Bertz CT molecular complexity index is 1290. The molecule has 0 atom stereocenters. The van der Waals surface area contributed by atoms with Crippen LogP contribution in [0.25, 0.3) is 21.5 Å². The van der Waals surface area contributed by atoms with Crippen molar-refractivity contribution in [3.05, 3.63) is 120 Å². The number of benzene rings is 4. The first-order chi connectivity index (χ1) is 15.4. The van der Waals surface area contributed by atoms with Crippen molar-refractivity contribution in [3.8, 4) is 0 Å². The average molecular weight is 426 g/mol. The minimum absolute atomic E-state index is 0.793. The van der Waals surface area contributed by atoms with Gasteiger partial charge in [-0.3, -0.25) is 5.32 Å². The molecule has 1 aromatic heterocycles. The molecule has 0 radical (unpaired) electrons. The molecule has 0 saturated heterocycles. The molecule has 5 aromatic rings. The Morgan fingerprint density at radius 2 is 1.16 bits per heavy atom. The van der Waals surface area contributed by atoms with Crippen LogP contribution >= 0.6 is 11.6 Å². The normalized spacial score (nSPS) is 10.5. The largest absolute Gasteiger partial charge is 0.274 e. The molecule has 0 aliphatic carbocycles. The Hall–Kier alpha value is -3.36. The topological polar surface area (TPSA) is 15.9 Å². The fourth-order valence-corrected chi connectivity index (χ4v) is 4.02. The number of nitrogens with zero attached hydrogens (tertiary/aromatic N) is 1. The van der Waals surface area contributed by atoms with Crippen molar-refractivity contribution in [1.82, 2.24) is 0 Å². The third-order valence-corrected chi connectivity index (χ3v) is 5.50. The minimum Gasteiger partial charge on any atom is -0.270 e. The summed E-state index contributed by atoms with van der Waals surface area (Å²) in [5, 5.41) is 8.83. The first-order valence-electron chi connectivity index (χ1n) is 10.4. The van der Waals surface area contributed by atoms with Crippen molar-refractivity contribution in [2.75, 3.05) is 11.7 Å². The molecule has 0 amide bonds. The zero-order chi connectivity index (χ0) is 21.5. The molecule has 5 rings (SSSR count). The van der Waals surface area contributed by atoms with Crippen molar-refractivity contribution in [1.29, 1.82) is 0 Å². The molecule has 1 heterocycles. The van der Waals surface area contributed by atoms with Gasteiger partial charge in [-0.05, 0) is 27.6 Å². The minimum atomic E-state index is 0.793. The van der Waals surface area contributed by atoms with Crippen LogP contribution in [0, 0.1) is 0 Å². The molecule has 0 unspecified atom stereocenters. The first-order valence-corrected chi connectivity index (χ1v) is 11.2. The lowest BCUT2D eigenvalue weighted by Crippen LogP contribution is -2.37. The highest BCUT2D eigenvalue weighted by Gasteiger charge is 2.11. The highest BCUT2D eigenvalue weighted by molar-refractivity contribution is 6.15. The standard InChI is InChI=1S/C27H22N2.CH3Cl/c1-3-15-25-21(9-1)11-7-13-23(25)19-28-27-17-5-6-18-29(27)20-24-14-8-12-22-10-2-4-16-26(22)24;1-2/h1-18H,19-20H2;1H3/p+1. The Morgan fingerprint density at radius 3 is 1.87 bits per heavy atom. The molecule has 3 heteroatoms. The number of pyridine rings is 1. The monoisotopic (exact) mass is 425 g/mol. The zero-order valence-electron chi connectivity index (χ0n) is 17.6. The van der Waals surface area contributed by atoms with Crippen molar-refractivity contribution in [2.45, 2.75) is 13.1 Å². The summed E-state index contributed by atoms with van der Waals surface area (Å²) in [6.07, 6.45) is 3.62. The number of halogens is 1. The van der Waals surface area contributed by atoms with Crippen LogP contribution in [0.15, 0.2) is 109 Å². The highest BCUT2D eigenvalue weighted by atomic mass is 35.5. The van der Waals surface area contributed by atoms with Gasteiger partial charge in [0.15, 0.2) is 0 Å². The van der Waals surface area contributed by atoms with Gasteiger partial charge in [0.1, 0.15) is 13.1 Å². The lowest BCUT2D eigenvalue weighted by Gasteiger charge is -2.10. The molecule has 0 spiro atoms. The van der Waals surface area contributed by atoms with Gasteiger partial charge in [0.2, 0.25) is 0 Å². The Morgan fingerprint density at radius 1 is 0.613 bits per heavy atom. The fraction of sp³-hybridized carbons (Fsp3) is 0.107. The summed E-state index contributed by atoms with van der Waals surface area (Å²) in [7, 11) is 0. The molecule has 4 aromatic carbocycles. The van der Waals surface area contributed by atoms with Crippen LogP contribution in [0.3, 0.4) is 0 Å². The second-order valence-electron chi connectivity index (χ2n) is 7.34. The molecule has 0 aliphatic heterocycles. The van der Waals surface area contributed by atoms with E-state index in [2.05, 4.69) is 131 Å². The average Bonchev–Trinajstić information content (AvgIpc) is 2.85. The summed E-state index contributed by atoms with van der Waals surface area (Å²) in [4.78, 5) is 0. The molecular formula is C28H26ClN2+. The van der Waals surface area contributed by atoms with Crippen LogP contribution in [-0.2, 0) is 13.1 Å². The summed E-state index contributed by atoms with van der Waals surface area (Å²) < 4.78 is 2.28. The van der Waals surface area contributed by atoms with Crippen LogP contribution in [0.4, 0.5) is 5.82 Å². The number of alkyl halides is 1. The van der Waals surface area contributed by atoms with E-state index in [1.165, 1.54) is 39.1 Å². The third kappa shape index (κ3) is 4.70. The van der Waals surface area contributed by atoms with E-state index in [0.29, 0.717) is 0 Å². The van der Waals surface area contributed by atoms with Crippen molar-refractivity contribution < 1.29 is 4.57 Å². The maximum atomic E-state index is 4.64. The van der Waals surface area contributed by atoms with Crippen LogP contribution < -0.4 is 9.88 Å². The molecule has 0 bridgehead atoms. The van der Waals surface area contributed by atoms with Gasteiger partial charge >= 0.3 is 0 Å². The summed E-state index contributed by atoms with van der Waals surface area (Å²) in [5.74, 6) is 1.12. The molecular weight excluding hydrogens is 400 g/mol. The van der Waals surface area contributed by atoms with Gasteiger partial charge in [0, 0.05) is 23.6 Å². The van der Waals surface area contributed by atoms with E-state index in [1.807, 2.05) is 0 Å². The van der Waals surface area contributed by atoms with Gasteiger partial charge < -0.3 is 0 Å². The van der Waals surface area contributed by atoms with Crippen LogP contribution in [0.2, 0.25) is 0 Å². The molecule has 2 nitrogen and oxygen atoms in total. The lowest BCUT2D eigenvalue weighted by atomic mass is 10.0. The predicted octanol–water partition coefficient (Wildman–Crippen LogP) is 6.80. The Labute approximate surface area is 188 Å². The maximum absolute atomic E-state index is 4.64. The van der Waals surface area contributed by atoms with Crippen molar-refractivity contribution in [3.63, 3.8) is 0 Å². The SMILES string of the molecule is CCl.c1cc[n+](Cc2cccc3ccccc23)c(NCc2cccc3ccccc23)c1. The van der Waals surface area contributed by atoms with Gasteiger partial charge in [-0.2, -0.15) is 0 Å². The summed E-state index contributed by atoms with van der Waals surface area (Å²) in [5.41, 5.74) is 2.64. The van der Waals surface area contributed by atoms with E-state index in [-0.39, 0.29) is 0 Å². The van der Waals surface area contributed by atoms with Crippen molar-refractivity contribution in [2.24, 2.45) is 0 Å². The summed E-state index contributed by atoms with van der Waals surface area (Å²) in [6.45, 7) is 1.63. The Balaban J connectivity index is 0.00000112. The predicted molar refractivity (Wildman–Crippen MR) is 133 cm³/mol. The van der Waals surface area contributed by atoms with E-state index in [9.17, 15) is 0 Å². The number of nitrogens with one attached hydrogen (secondary N) is 1. The van der Waals surface area contributed by atoms with E-state index in [1.54, 1.807) is 0 Å². The maximum Gasteiger partial charge on any atom is 0.274 e. The van der Waals surface area contributed by atoms with Crippen LogP contribution in [-0.4, -0.2) is 6.38 Å². The number of hydrogen-bond acceptors (Lipinski definition) is 1. The number of aromatic nitrogens is 1.